The maximum absolute atomic E-state index is 13.8. The Balaban J connectivity index is 0.00000208. The molecular formula is C18H22ClFN2O2. The second-order valence-corrected chi connectivity index (χ2v) is 5.89. The summed E-state index contributed by atoms with van der Waals surface area (Å²) in [5.41, 5.74) is 0.445. The summed E-state index contributed by atoms with van der Waals surface area (Å²) in [6, 6.07) is 10.3. The van der Waals surface area contributed by atoms with Gasteiger partial charge in [-0.2, -0.15) is 0 Å². The second-order valence-electron chi connectivity index (χ2n) is 5.89. The van der Waals surface area contributed by atoms with Gasteiger partial charge in [0.25, 0.3) is 0 Å². The Morgan fingerprint density at radius 3 is 2.88 bits per heavy atom. The molecule has 4 nitrogen and oxygen atoms in total. The number of halogens is 2. The largest absolute Gasteiger partial charge is 0.461 e. The lowest BCUT2D eigenvalue weighted by Gasteiger charge is -2.34. The van der Waals surface area contributed by atoms with Crippen molar-refractivity contribution in [2.45, 2.75) is 25.8 Å². The maximum Gasteiger partial charge on any atom is 0.223 e. The van der Waals surface area contributed by atoms with Crippen LogP contribution in [-0.2, 0) is 11.2 Å². The van der Waals surface area contributed by atoms with Gasteiger partial charge in [-0.1, -0.05) is 12.1 Å². The molecule has 0 radical (unpaired) electrons. The summed E-state index contributed by atoms with van der Waals surface area (Å²) in [5.74, 6) is 1.04. The van der Waals surface area contributed by atoms with Crippen LogP contribution in [0.4, 0.5) is 4.39 Å². The first-order valence-corrected chi connectivity index (χ1v) is 7.99. The van der Waals surface area contributed by atoms with E-state index >= 15 is 0 Å². The van der Waals surface area contributed by atoms with Crippen LogP contribution in [0.15, 0.2) is 40.8 Å². The van der Waals surface area contributed by atoms with E-state index in [4.69, 9.17) is 4.42 Å². The van der Waals surface area contributed by atoms with E-state index in [2.05, 4.69) is 5.32 Å². The van der Waals surface area contributed by atoms with E-state index in [-0.39, 0.29) is 30.2 Å². The van der Waals surface area contributed by atoms with E-state index in [9.17, 15) is 9.18 Å². The smallest absolute Gasteiger partial charge is 0.223 e. The van der Waals surface area contributed by atoms with Gasteiger partial charge in [0.2, 0.25) is 5.91 Å². The highest BCUT2D eigenvalue weighted by atomic mass is 35.5. The van der Waals surface area contributed by atoms with Crippen LogP contribution in [0.1, 0.15) is 19.1 Å². The Morgan fingerprint density at radius 2 is 2.12 bits per heavy atom. The number of carbonyl (C=O) groups excluding carboxylic acids is 1. The highest BCUT2D eigenvalue weighted by molar-refractivity contribution is 5.85. The fourth-order valence-electron chi connectivity index (χ4n) is 2.90. The number of carbonyl (C=O) groups is 1. The van der Waals surface area contributed by atoms with Crippen LogP contribution < -0.4 is 5.32 Å². The zero-order chi connectivity index (χ0) is 16.2. The lowest BCUT2D eigenvalue weighted by molar-refractivity contribution is -0.133. The Morgan fingerprint density at radius 1 is 1.33 bits per heavy atom. The van der Waals surface area contributed by atoms with Gasteiger partial charge in [-0.3, -0.25) is 4.79 Å². The molecule has 1 aliphatic rings. The zero-order valence-corrected chi connectivity index (χ0v) is 14.4. The molecule has 0 saturated carbocycles. The molecule has 0 bridgehead atoms. The summed E-state index contributed by atoms with van der Waals surface area (Å²) >= 11 is 0. The van der Waals surface area contributed by atoms with Crippen molar-refractivity contribution >= 4 is 18.3 Å². The minimum atomic E-state index is -0.306. The number of nitrogens with one attached hydrogen (secondary N) is 1. The Bertz CT molecular complexity index is 689. The first-order valence-electron chi connectivity index (χ1n) is 7.99. The molecule has 2 heterocycles. The molecule has 130 valence electrons. The van der Waals surface area contributed by atoms with Crippen LogP contribution in [0.5, 0.6) is 0 Å². The number of amides is 1. The topological polar surface area (TPSA) is 45.5 Å². The van der Waals surface area contributed by atoms with Crippen molar-refractivity contribution in [3.05, 3.63) is 48.0 Å². The van der Waals surface area contributed by atoms with E-state index in [0.29, 0.717) is 29.9 Å². The lowest BCUT2D eigenvalue weighted by Crippen LogP contribution is -2.52. The molecule has 1 aliphatic heterocycles. The summed E-state index contributed by atoms with van der Waals surface area (Å²) in [6.07, 6.45) is 0.943. The Hall–Kier alpha value is -1.85. The number of rotatable bonds is 4. The van der Waals surface area contributed by atoms with E-state index in [1.165, 1.54) is 6.07 Å². The molecule has 1 aromatic carbocycles. The predicted octanol–water partition coefficient (Wildman–Crippen LogP) is 3.26. The lowest BCUT2D eigenvalue weighted by atomic mass is 10.1. The van der Waals surface area contributed by atoms with Gasteiger partial charge in [0, 0.05) is 38.5 Å². The van der Waals surface area contributed by atoms with Crippen molar-refractivity contribution in [2.75, 3.05) is 19.6 Å². The highest BCUT2D eigenvalue weighted by Crippen LogP contribution is 2.25. The summed E-state index contributed by atoms with van der Waals surface area (Å²) in [4.78, 5) is 14.2. The van der Waals surface area contributed by atoms with Gasteiger partial charge in [-0.15, -0.1) is 12.4 Å². The van der Waals surface area contributed by atoms with Crippen LogP contribution >= 0.6 is 12.4 Å². The third-order valence-corrected chi connectivity index (χ3v) is 4.21. The van der Waals surface area contributed by atoms with Crippen LogP contribution in [0.2, 0.25) is 0 Å². The highest BCUT2D eigenvalue weighted by Gasteiger charge is 2.22. The van der Waals surface area contributed by atoms with Gasteiger partial charge < -0.3 is 14.6 Å². The third kappa shape index (κ3) is 4.16. The summed E-state index contributed by atoms with van der Waals surface area (Å²) in [7, 11) is 0. The van der Waals surface area contributed by atoms with E-state index < -0.39 is 0 Å². The second kappa shape index (κ2) is 8.31. The molecule has 1 saturated heterocycles. The molecule has 1 fully saturated rings. The fourth-order valence-corrected chi connectivity index (χ4v) is 2.90. The van der Waals surface area contributed by atoms with Gasteiger partial charge in [0.05, 0.1) is 5.56 Å². The molecule has 0 aliphatic carbocycles. The van der Waals surface area contributed by atoms with Crippen molar-refractivity contribution in [1.29, 1.82) is 0 Å². The zero-order valence-electron chi connectivity index (χ0n) is 13.6. The minimum absolute atomic E-state index is 0. The standard InChI is InChI=1S/C18H21FN2O2.ClH/c1-13-12-20-10-11-21(13)18(22)9-7-14-6-8-17(23-14)15-4-2-3-5-16(15)19;/h2-6,8,13,20H,7,9-12H2,1H3;1H/t13-;/m1./s1. The molecule has 1 amide bonds. The molecule has 0 unspecified atom stereocenters. The van der Waals surface area contributed by atoms with Crippen molar-refractivity contribution in [3.8, 4) is 11.3 Å². The molecule has 24 heavy (non-hydrogen) atoms. The first kappa shape index (κ1) is 18.5. The van der Waals surface area contributed by atoms with Crippen LogP contribution in [0.25, 0.3) is 11.3 Å². The Kier molecular flexibility index (Phi) is 6.40. The van der Waals surface area contributed by atoms with Gasteiger partial charge in [-0.05, 0) is 31.2 Å². The average molecular weight is 353 g/mol. The van der Waals surface area contributed by atoms with Crippen LogP contribution in [0, 0.1) is 5.82 Å². The monoisotopic (exact) mass is 352 g/mol. The predicted molar refractivity (Wildman–Crippen MR) is 93.7 cm³/mol. The molecule has 2 aromatic rings. The van der Waals surface area contributed by atoms with E-state index in [0.717, 1.165) is 19.6 Å². The van der Waals surface area contributed by atoms with Crippen molar-refractivity contribution in [2.24, 2.45) is 0 Å². The van der Waals surface area contributed by atoms with Crippen LogP contribution in [0.3, 0.4) is 0 Å². The number of hydrogen-bond acceptors (Lipinski definition) is 3. The number of furan rings is 1. The normalized spacial score (nSPS) is 17.4. The molecule has 1 aromatic heterocycles. The number of benzene rings is 1. The molecular weight excluding hydrogens is 331 g/mol. The molecule has 1 atom stereocenters. The molecule has 3 rings (SSSR count). The minimum Gasteiger partial charge on any atom is -0.461 e. The van der Waals surface area contributed by atoms with Crippen molar-refractivity contribution in [3.63, 3.8) is 0 Å². The Labute approximate surface area is 147 Å². The summed E-state index contributed by atoms with van der Waals surface area (Å²) in [6.45, 7) is 4.48. The average Bonchev–Trinajstić information content (AvgIpc) is 3.02. The van der Waals surface area contributed by atoms with Gasteiger partial charge >= 0.3 is 0 Å². The van der Waals surface area contributed by atoms with Gasteiger partial charge in [0.1, 0.15) is 17.3 Å². The number of hydrogen-bond donors (Lipinski definition) is 1. The van der Waals surface area contributed by atoms with Gasteiger partial charge in [-0.25, -0.2) is 4.39 Å². The molecule has 0 spiro atoms. The van der Waals surface area contributed by atoms with Crippen LogP contribution in [-0.4, -0.2) is 36.5 Å². The summed E-state index contributed by atoms with van der Waals surface area (Å²) < 4.78 is 19.4. The van der Waals surface area contributed by atoms with E-state index in [1.807, 2.05) is 17.9 Å². The van der Waals surface area contributed by atoms with Crippen molar-refractivity contribution < 1.29 is 13.6 Å². The van der Waals surface area contributed by atoms with E-state index in [1.54, 1.807) is 24.3 Å². The number of aryl methyl sites for hydroxylation is 1. The molecule has 6 heteroatoms. The number of nitrogens with zero attached hydrogens (tertiary/aromatic N) is 1. The third-order valence-electron chi connectivity index (χ3n) is 4.21. The quantitative estimate of drug-likeness (QED) is 0.918. The fraction of sp³-hybridized carbons (Fsp3) is 0.389. The van der Waals surface area contributed by atoms with Crippen molar-refractivity contribution in [1.82, 2.24) is 10.2 Å². The molecule has 1 N–H and O–H groups in total. The number of piperazine rings is 1. The summed E-state index contributed by atoms with van der Waals surface area (Å²) in [5, 5.41) is 3.27. The first-order chi connectivity index (χ1) is 11.1. The maximum atomic E-state index is 13.8. The SMILES string of the molecule is C[C@@H]1CNCCN1C(=O)CCc1ccc(-c2ccccc2F)o1.Cl. The van der Waals surface area contributed by atoms with Gasteiger partial charge in [0.15, 0.2) is 0 Å².